The van der Waals surface area contributed by atoms with Gasteiger partial charge in [-0.2, -0.15) is 5.26 Å². The van der Waals surface area contributed by atoms with E-state index in [1.54, 1.807) is 0 Å². The molecule has 3 heteroatoms. The van der Waals surface area contributed by atoms with Crippen LogP contribution in [0.4, 0.5) is 0 Å². The molecule has 0 saturated heterocycles. The van der Waals surface area contributed by atoms with Crippen LogP contribution in [0.25, 0.3) is 0 Å². The fraction of sp³-hybridized carbons (Fsp3) is 0.667. The average Bonchev–Trinajstić information content (AvgIpc) is 1.61. The molecule has 34 valence electrons. The Labute approximate surface area is 39.0 Å². The topological polar surface area (TPSA) is 33.0 Å². The molecule has 0 amide bonds. The summed E-state index contributed by atoms with van der Waals surface area (Å²) in [5.41, 5.74) is 0. The summed E-state index contributed by atoms with van der Waals surface area (Å²) in [7, 11) is 0.0204. The van der Waals surface area contributed by atoms with Crippen LogP contribution in [0.3, 0.4) is 0 Å². The van der Waals surface area contributed by atoms with E-state index < -0.39 is 0 Å². The van der Waals surface area contributed by atoms with Gasteiger partial charge in [-0.15, -0.1) is 0 Å². The van der Waals surface area contributed by atoms with Crippen LogP contribution in [0.2, 0.25) is 0 Å². The van der Waals surface area contributed by atoms with Crippen LogP contribution < -0.4 is 0 Å². The quantitative estimate of drug-likeness (QED) is 0.387. The second-order valence-electron chi connectivity index (χ2n) is 0.647. The van der Waals surface area contributed by atoms with Crippen molar-refractivity contribution in [2.75, 3.05) is 6.61 Å². The Bertz CT molecular complexity index is 58.3. The Hall–Kier alpha value is -0.120. The Kier molecular flexibility index (Phi) is 4.78. The molecule has 1 unspecified atom stereocenters. The molecule has 0 radical (unpaired) electrons. The van der Waals surface area contributed by atoms with E-state index in [4.69, 9.17) is 5.26 Å². The van der Waals surface area contributed by atoms with Gasteiger partial charge in [-0.05, 0) is 6.92 Å². The summed E-state index contributed by atoms with van der Waals surface area (Å²) in [6.45, 7) is 2.51. The summed E-state index contributed by atoms with van der Waals surface area (Å²) in [6, 6.07) is 0. The van der Waals surface area contributed by atoms with E-state index in [1.807, 2.05) is 12.7 Å². The van der Waals surface area contributed by atoms with Crippen molar-refractivity contribution in [1.82, 2.24) is 0 Å². The third-order valence-electron chi connectivity index (χ3n) is 0.262. The molecule has 1 atom stereocenters. The molecule has 0 heterocycles. The highest BCUT2D eigenvalue weighted by Gasteiger charge is 1.71. The Morgan fingerprint density at radius 3 is 2.83 bits per heavy atom. The van der Waals surface area contributed by atoms with Gasteiger partial charge >= 0.3 is 0 Å². The van der Waals surface area contributed by atoms with Gasteiger partial charge in [-0.25, -0.2) is 0 Å². The lowest BCUT2D eigenvalue weighted by molar-refractivity contribution is 0.394. The van der Waals surface area contributed by atoms with E-state index in [0.29, 0.717) is 6.61 Å². The van der Waals surface area contributed by atoms with Crippen molar-refractivity contribution in [1.29, 1.82) is 5.26 Å². The van der Waals surface area contributed by atoms with Gasteiger partial charge in [-0.1, -0.05) is 0 Å². The summed E-state index contributed by atoms with van der Waals surface area (Å²) in [5, 5.41) is 7.83. The molecule has 0 N–H and O–H groups in total. The predicted molar refractivity (Wildman–Crippen MR) is 25.6 cm³/mol. The minimum absolute atomic E-state index is 0.0204. The van der Waals surface area contributed by atoms with Crippen molar-refractivity contribution < 1.29 is 4.52 Å². The van der Waals surface area contributed by atoms with Gasteiger partial charge in [0, 0.05) is 6.61 Å². The minimum Gasteiger partial charge on any atom is -0.347 e. The number of rotatable bonds is 2. The third-order valence-corrected chi connectivity index (χ3v) is 0.786. The van der Waals surface area contributed by atoms with E-state index in [0.717, 1.165) is 0 Å². The van der Waals surface area contributed by atoms with E-state index in [9.17, 15) is 0 Å². The number of nitrogens with zero attached hydrogens (tertiary/aromatic N) is 1. The highest BCUT2D eigenvalue weighted by molar-refractivity contribution is 7.38. The zero-order valence-electron chi connectivity index (χ0n) is 3.56. The molecule has 2 nitrogen and oxygen atoms in total. The maximum absolute atomic E-state index is 7.83. The van der Waals surface area contributed by atoms with E-state index >= 15 is 0 Å². The average molecular weight is 103 g/mol. The molecular formula is C3H6NOP. The normalized spacial score (nSPS) is 9.33. The maximum atomic E-state index is 7.83. The zero-order valence-corrected chi connectivity index (χ0v) is 4.56. The molecular weight excluding hydrogens is 97.0 g/mol. The lowest BCUT2D eigenvalue weighted by Gasteiger charge is -1.83. The molecule has 0 aliphatic carbocycles. The van der Waals surface area contributed by atoms with Crippen LogP contribution in [-0.2, 0) is 4.52 Å². The molecule has 0 aliphatic heterocycles. The van der Waals surface area contributed by atoms with Gasteiger partial charge in [0.2, 0.25) is 0 Å². The standard InChI is InChI=1S/C3H6NOP/c1-2-5-6-3-4/h6H,2H2,1H3. The van der Waals surface area contributed by atoms with Crippen molar-refractivity contribution in [3.8, 4) is 5.81 Å². The first-order chi connectivity index (χ1) is 2.91. The molecule has 0 saturated carbocycles. The van der Waals surface area contributed by atoms with Gasteiger partial charge in [0.15, 0.2) is 0 Å². The first-order valence-electron chi connectivity index (χ1n) is 1.67. The van der Waals surface area contributed by atoms with Gasteiger partial charge < -0.3 is 4.52 Å². The third kappa shape index (κ3) is 3.88. The van der Waals surface area contributed by atoms with Crippen molar-refractivity contribution in [2.45, 2.75) is 6.92 Å². The number of hydrogen-bond donors (Lipinski definition) is 0. The summed E-state index contributed by atoms with van der Waals surface area (Å²) in [5.74, 6) is 1.87. The van der Waals surface area contributed by atoms with Crippen LogP contribution >= 0.6 is 8.81 Å². The Morgan fingerprint density at radius 2 is 2.67 bits per heavy atom. The maximum Gasteiger partial charge on any atom is 0.122 e. The monoisotopic (exact) mass is 103 g/mol. The molecule has 0 spiro atoms. The van der Waals surface area contributed by atoms with Gasteiger partial charge in [0.1, 0.15) is 14.6 Å². The van der Waals surface area contributed by atoms with Crippen LogP contribution in [-0.4, -0.2) is 6.61 Å². The van der Waals surface area contributed by atoms with Crippen molar-refractivity contribution in [3.05, 3.63) is 0 Å². The van der Waals surface area contributed by atoms with Crippen molar-refractivity contribution in [3.63, 3.8) is 0 Å². The van der Waals surface area contributed by atoms with E-state index in [-0.39, 0.29) is 8.81 Å². The molecule has 0 aromatic rings. The molecule has 0 aromatic heterocycles. The van der Waals surface area contributed by atoms with Crippen LogP contribution in [0.5, 0.6) is 0 Å². The van der Waals surface area contributed by atoms with Crippen molar-refractivity contribution in [2.24, 2.45) is 0 Å². The molecule has 0 aliphatic rings. The lowest BCUT2D eigenvalue weighted by atomic mass is 10.9. The van der Waals surface area contributed by atoms with Crippen LogP contribution in [0.1, 0.15) is 6.92 Å². The van der Waals surface area contributed by atoms with Crippen LogP contribution in [0.15, 0.2) is 0 Å². The fourth-order valence-corrected chi connectivity index (χ4v) is 0.313. The molecule has 0 rings (SSSR count). The number of nitriles is 1. The SMILES string of the molecule is CCOPC#N. The lowest BCUT2D eigenvalue weighted by Crippen LogP contribution is -1.68. The molecule has 6 heavy (non-hydrogen) atoms. The highest BCUT2D eigenvalue weighted by atomic mass is 31.1. The van der Waals surface area contributed by atoms with Gasteiger partial charge in [0.05, 0.1) is 0 Å². The van der Waals surface area contributed by atoms with E-state index in [2.05, 4.69) is 4.52 Å². The molecule has 0 bridgehead atoms. The second-order valence-corrected chi connectivity index (χ2v) is 1.36. The molecule has 0 fully saturated rings. The smallest absolute Gasteiger partial charge is 0.122 e. The van der Waals surface area contributed by atoms with E-state index in [1.165, 1.54) is 0 Å². The summed E-state index contributed by atoms with van der Waals surface area (Å²) in [4.78, 5) is 0. The first kappa shape index (κ1) is 5.88. The number of hydrogen-bond acceptors (Lipinski definition) is 2. The summed E-state index contributed by atoms with van der Waals surface area (Å²) < 4.78 is 4.65. The largest absolute Gasteiger partial charge is 0.347 e. The minimum atomic E-state index is 0.0204. The molecule has 0 aromatic carbocycles. The summed E-state index contributed by atoms with van der Waals surface area (Å²) >= 11 is 0. The Balaban J connectivity index is 2.54. The van der Waals surface area contributed by atoms with Gasteiger partial charge in [-0.3, -0.25) is 0 Å². The summed E-state index contributed by atoms with van der Waals surface area (Å²) in [6.07, 6.45) is 0. The Morgan fingerprint density at radius 1 is 2.00 bits per heavy atom. The fourth-order valence-electron chi connectivity index (χ4n) is 0.104. The zero-order chi connectivity index (χ0) is 4.83. The highest BCUT2D eigenvalue weighted by Crippen LogP contribution is 2.05. The van der Waals surface area contributed by atoms with Crippen molar-refractivity contribution >= 4 is 8.81 Å². The first-order valence-corrected chi connectivity index (χ1v) is 2.58. The van der Waals surface area contributed by atoms with Crippen LogP contribution in [0, 0.1) is 11.1 Å². The predicted octanol–water partition coefficient (Wildman–Crippen LogP) is 1.10. The van der Waals surface area contributed by atoms with Gasteiger partial charge in [0.25, 0.3) is 0 Å². The second kappa shape index (κ2) is 4.88.